The summed E-state index contributed by atoms with van der Waals surface area (Å²) in [5, 5.41) is 0. The van der Waals surface area contributed by atoms with E-state index in [1.807, 2.05) is 0 Å². The number of hydrogen-bond acceptors (Lipinski definition) is 3. The minimum absolute atomic E-state index is 0.0425. The van der Waals surface area contributed by atoms with Gasteiger partial charge in [0.05, 0.1) is 0 Å². The van der Waals surface area contributed by atoms with Gasteiger partial charge in [-0.1, -0.05) is 19.9 Å². The molecule has 0 unspecified atom stereocenters. The normalized spacial score (nSPS) is 20.2. The Balaban J connectivity index is 2.33. The summed E-state index contributed by atoms with van der Waals surface area (Å²) in [6, 6.07) is 4.00. The fourth-order valence-electron chi connectivity index (χ4n) is 2.21. The topological polar surface area (TPSA) is 37.4 Å². The van der Waals surface area contributed by atoms with E-state index >= 15 is 0 Å². The summed E-state index contributed by atoms with van der Waals surface area (Å²) in [4.78, 5) is -0.273. The van der Waals surface area contributed by atoms with Gasteiger partial charge in [-0.05, 0) is 24.1 Å². The van der Waals surface area contributed by atoms with Gasteiger partial charge < -0.3 is 0 Å². The van der Waals surface area contributed by atoms with Crippen molar-refractivity contribution in [2.45, 2.75) is 35.8 Å². The van der Waals surface area contributed by atoms with Crippen molar-refractivity contribution in [1.82, 2.24) is 4.31 Å². The Kier molecular flexibility index (Phi) is 5.23. The maximum Gasteiger partial charge on any atom is 0.246 e. The molecule has 1 aliphatic heterocycles. The number of rotatable bonds is 3. The molecule has 7 heteroatoms. The van der Waals surface area contributed by atoms with E-state index < -0.39 is 15.8 Å². The Morgan fingerprint density at radius 1 is 1.38 bits per heavy atom. The first-order valence-electron chi connectivity index (χ1n) is 6.75. The first kappa shape index (κ1) is 17.1. The van der Waals surface area contributed by atoms with E-state index in [1.54, 1.807) is 11.8 Å². The minimum atomic E-state index is -3.81. The molecule has 21 heavy (non-hydrogen) atoms. The number of thioether (sulfide) groups is 1. The Labute approximate surface area is 134 Å². The molecule has 1 fully saturated rings. The maximum atomic E-state index is 14.0. The Morgan fingerprint density at radius 2 is 2.10 bits per heavy atom. The van der Waals surface area contributed by atoms with Gasteiger partial charge in [-0.15, -0.1) is 11.6 Å². The average molecular weight is 352 g/mol. The van der Waals surface area contributed by atoms with Gasteiger partial charge >= 0.3 is 0 Å². The van der Waals surface area contributed by atoms with Crippen molar-refractivity contribution >= 4 is 33.4 Å². The highest BCUT2D eigenvalue weighted by Gasteiger charge is 2.32. The van der Waals surface area contributed by atoms with E-state index in [0.29, 0.717) is 24.4 Å². The number of benzene rings is 1. The SMILES string of the molecule is CC1(C)CCN(S(=O)(=O)c2cc(CCl)ccc2F)CCS1. The van der Waals surface area contributed by atoms with Gasteiger partial charge in [0.15, 0.2) is 0 Å². The van der Waals surface area contributed by atoms with Crippen molar-refractivity contribution in [3.8, 4) is 0 Å². The van der Waals surface area contributed by atoms with Crippen LogP contribution in [0.3, 0.4) is 0 Å². The second-order valence-corrected chi connectivity index (χ2v) is 9.64. The smallest absolute Gasteiger partial charge is 0.207 e. The van der Waals surface area contributed by atoms with Crippen LogP contribution < -0.4 is 0 Å². The van der Waals surface area contributed by atoms with Crippen LogP contribution in [0.25, 0.3) is 0 Å². The van der Waals surface area contributed by atoms with Crippen molar-refractivity contribution in [3.05, 3.63) is 29.6 Å². The number of halogens is 2. The van der Waals surface area contributed by atoms with Crippen LogP contribution in [0, 0.1) is 5.82 Å². The molecule has 0 amide bonds. The van der Waals surface area contributed by atoms with Crippen LogP contribution in [0.15, 0.2) is 23.1 Å². The van der Waals surface area contributed by atoms with E-state index in [-0.39, 0.29) is 15.5 Å². The molecule has 0 aromatic heterocycles. The Morgan fingerprint density at radius 3 is 2.76 bits per heavy atom. The van der Waals surface area contributed by atoms with Crippen molar-refractivity contribution in [2.75, 3.05) is 18.8 Å². The Hall–Kier alpha value is -0.300. The lowest BCUT2D eigenvalue weighted by Crippen LogP contribution is -2.34. The van der Waals surface area contributed by atoms with Gasteiger partial charge in [0.1, 0.15) is 10.7 Å². The highest BCUT2D eigenvalue weighted by atomic mass is 35.5. The molecule has 3 nitrogen and oxygen atoms in total. The van der Waals surface area contributed by atoms with Crippen LogP contribution >= 0.6 is 23.4 Å². The summed E-state index contributed by atoms with van der Waals surface area (Å²) in [6.45, 7) is 5.01. The second kappa shape index (κ2) is 6.44. The third-order valence-corrected chi connectivity index (χ3v) is 7.16. The highest BCUT2D eigenvalue weighted by Crippen LogP contribution is 2.33. The summed E-state index contributed by atoms with van der Waals surface area (Å²) >= 11 is 7.46. The zero-order valence-electron chi connectivity index (χ0n) is 12.1. The van der Waals surface area contributed by atoms with Crippen molar-refractivity contribution in [3.63, 3.8) is 0 Å². The Bertz CT molecular complexity index is 619. The zero-order valence-corrected chi connectivity index (χ0v) is 14.5. The quantitative estimate of drug-likeness (QED) is 0.782. The summed E-state index contributed by atoms with van der Waals surface area (Å²) in [5.41, 5.74) is 0.598. The average Bonchev–Trinajstić information content (AvgIpc) is 2.60. The fourth-order valence-corrected chi connectivity index (χ4v) is 5.15. The molecule has 0 N–H and O–H groups in total. The number of sulfonamides is 1. The lowest BCUT2D eigenvalue weighted by molar-refractivity contribution is 0.412. The monoisotopic (exact) mass is 351 g/mol. The molecule has 1 aromatic carbocycles. The summed E-state index contributed by atoms with van der Waals surface area (Å²) < 4.78 is 40.7. The summed E-state index contributed by atoms with van der Waals surface area (Å²) in [5.74, 6) is 0.148. The molecule has 0 spiro atoms. The van der Waals surface area contributed by atoms with E-state index in [4.69, 9.17) is 11.6 Å². The van der Waals surface area contributed by atoms with Crippen LogP contribution in [0.1, 0.15) is 25.8 Å². The molecule has 1 aliphatic rings. The molecule has 2 rings (SSSR count). The molecule has 0 radical (unpaired) electrons. The molecular weight excluding hydrogens is 333 g/mol. The predicted molar refractivity (Wildman–Crippen MR) is 85.9 cm³/mol. The summed E-state index contributed by atoms with van der Waals surface area (Å²) in [7, 11) is -3.81. The van der Waals surface area contributed by atoms with Gasteiger partial charge in [-0.25, -0.2) is 12.8 Å². The van der Waals surface area contributed by atoms with Gasteiger partial charge in [-0.2, -0.15) is 16.1 Å². The molecular formula is C14H19ClFNO2S2. The van der Waals surface area contributed by atoms with E-state index in [0.717, 1.165) is 6.42 Å². The highest BCUT2D eigenvalue weighted by molar-refractivity contribution is 8.00. The van der Waals surface area contributed by atoms with Gasteiger partial charge in [0, 0.05) is 29.5 Å². The molecule has 0 aliphatic carbocycles. The predicted octanol–water partition coefficient (Wildman–Crippen LogP) is 3.47. The molecule has 0 saturated carbocycles. The lowest BCUT2D eigenvalue weighted by atomic mass is 10.1. The number of nitrogens with zero attached hydrogens (tertiary/aromatic N) is 1. The molecule has 118 valence electrons. The van der Waals surface area contributed by atoms with Crippen LogP contribution in [-0.2, 0) is 15.9 Å². The number of alkyl halides is 1. The molecule has 1 aromatic rings. The van der Waals surface area contributed by atoms with Crippen molar-refractivity contribution < 1.29 is 12.8 Å². The largest absolute Gasteiger partial charge is 0.246 e. The first-order valence-corrected chi connectivity index (χ1v) is 9.71. The van der Waals surface area contributed by atoms with Crippen molar-refractivity contribution in [2.24, 2.45) is 0 Å². The van der Waals surface area contributed by atoms with Gasteiger partial charge in [-0.3, -0.25) is 0 Å². The second-order valence-electron chi connectivity index (χ2n) is 5.66. The minimum Gasteiger partial charge on any atom is -0.207 e. The van der Waals surface area contributed by atoms with E-state index in [1.165, 1.54) is 22.5 Å². The van der Waals surface area contributed by atoms with Crippen LogP contribution in [0.2, 0.25) is 0 Å². The standard InChI is InChI=1S/C14H19ClFNO2S2/c1-14(2)5-6-17(7-8-20-14)21(18,19)13-9-11(10-15)3-4-12(13)16/h3-4,9H,5-8,10H2,1-2H3. The lowest BCUT2D eigenvalue weighted by Gasteiger charge is -2.22. The van der Waals surface area contributed by atoms with Crippen molar-refractivity contribution in [1.29, 1.82) is 0 Å². The van der Waals surface area contributed by atoms with Crippen LogP contribution in [0.5, 0.6) is 0 Å². The van der Waals surface area contributed by atoms with Gasteiger partial charge in [0.2, 0.25) is 10.0 Å². The summed E-state index contributed by atoms with van der Waals surface area (Å²) in [6.07, 6.45) is 0.744. The van der Waals surface area contributed by atoms with E-state index in [9.17, 15) is 12.8 Å². The first-order chi connectivity index (χ1) is 9.76. The van der Waals surface area contributed by atoms with Gasteiger partial charge in [0.25, 0.3) is 0 Å². The molecule has 0 atom stereocenters. The molecule has 1 saturated heterocycles. The van der Waals surface area contributed by atoms with Crippen LogP contribution in [0.4, 0.5) is 4.39 Å². The maximum absolute atomic E-state index is 14.0. The van der Waals surface area contributed by atoms with E-state index in [2.05, 4.69) is 13.8 Å². The molecule has 1 heterocycles. The van der Waals surface area contributed by atoms with Crippen LogP contribution in [-0.4, -0.2) is 36.3 Å². The third kappa shape index (κ3) is 3.92. The number of hydrogen-bond donors (Lipinski definition) is 0. The molecule has 0 bridgehead atoms. The fraction of sp³-hybridized carbons (Fsp3) is 0.571. The third-order valence-electron chi connectivity index (χ3n) is 3.56. The zero-order chi connectivity index (χ0) is 15.7.